The highest BCUT2D eigenvalue weighted by Gasteiger charge is 2.35. The highest BCUT2D eigenvalue weighted by molar-refractivity contribution is 7.99. The van der Waals surface area contributed by atoms with Gasteiger partial charge in [0.15, 0.2) is 5.58 Å². The van der Waals surface area contributed by atoms with Crippen LogP contribution in [0.5, 0.6) is 0 Å². The van der Waals surface area contributed by atoms with E-state index in [1.807, 2.05) is 0 Å². The third-order valence-corrected chi connectivity index (χ3v) is 8.62. The van der Waals surface area contributed by atoms with Crippen LogP contribution in [-0.2, 0) is 14.8 Å². The van der Waals surface area contributed by atoms with Gasteiger partial charge in [0, 0.05) is 26.7 Å². The third-order valence-electron chi connectivity index (χ3n) is 6.00. The summed E-state index contributed by atoms with van der Waals surface area (Å²) in [5.41, 5.74) is 0.996. The standard InChI is InChI=1S/C20H27N3O4S2/c1-22(2)29(25,26)15-9-10-18-16(12-15)21-20(27-18)28-13-19(24)23-11-5-7-14-6-3-4-8-17(14)23/h9-10,12,14,17H,3-8,11,13H2,1-2H3. The van der Waals surface area contributed by atoms with Crippen LogP contribution < -0.4 is 0 Å². The Labute approximate surface area is 175 Å². The van der Waals surface area contributed by atoms with E-state index in [0.717, 1.165) is 19.4 Å². The fraction of sp³-hybridized carbons (Fsp3) is 0.600. The highest BCUT2D eigenvalue weighted by atomic mass is 32.2. The van der Waals surface area contributed by atoms with Crippen LogP contribution in [0.25, 0.3) is 11.1 Å². The van der Waals surface area contributed by atoms with Gasteiger partial charge in [-0.1, -0.05) is 24.6 Å². The molecule has 1 amide bonds. The first kappa shape index (κ1) is 20.7. The number of hydrogen-bond donors (Lipinski definition) is 0. The number of benzene rings is 1. The molecule has 9 heteroatoms. The zero-order valence-electron chi connectivity index (χ0n) is 16.8. The second kappa shape index (κ2) is 8.28. The molecule has 0 N–H and O–H groups in total. The van der Waals surface area contributed by atoms with Gasteiger partial charge in [-0.2, -0.15) is 0 Å². The normalized spacial score (nSPS) is 22.8. The molecular weight excluding hydrogens is 410 g/mol. The van der Waals surface area contributed by atoms with Gasteiger partial charge in [0.1, 0.15) is 5.52 Å². The summed E-state index contributed by atoms with van der Waals surface area (Å²) < 4.78 is 31.5. The molecule has 1 saturated carbocycles. The molecule has 1 aromatic heterocycles. The molecule has 2 heterocycles. The molecule has 4 rings (SSSR count). The van der Waals surface area contributed by atoms with Crippen molar-refractivity contribution in [2.24, 2.45) is 5.92 Å². The first-order valence-electron chi connectivity index (χ1n) is 10.1. The van der Waals surface area contributed by atoms with Crippen molar-refractivity contribution in [3.63, 3.8) is 0 Å². The largest absolute Gasteiger partial charge is 0.431 e. The van der Waals surface area contributed by atoms with Crippen LogP contribution in [0.2, 0.25) is 0 Å². The van der Waals surface area contributed by atoms with E-state index in [4.69, 9.17) is 4.42 Å². The zero-order chi connectivity index (χ0) is 20.6. The summed E-state index contributed by atoms with van der Waals surface area (Å²) in [4.78, 5) is 19.5. The molecule has 1 aliphatic carbocycles. The van der Waals surface area contributed by atoms with Gasteiger partial charge < -0.3 is 9.32 Å². The van der Waals surface area contributed by atoms with E-state index in [2.05, 4.69) is 9.88 Å². The number of sulfonamides is 1. The van der Waals surface area contributed by atoms with Crippen LogP contribution in [0.3, 0.4) is 0 Å². The zero-order valence-corrected chi connectivity index (χ0v) is 18.5. The van der Waals surface area contributed by atoms with Crippen molar-refractivity contribution in [1.29, 1.82) is 0 Å². The second-order valence-electron chi connectivity index (χ2n) is 8.03. The van der Waals surface area contributed by atoms with Crippen molar-refractivity contribution in [3.8, 4) is 0 Å². The van der Waals surface area contributed by atoms with Gasteiger partial charge in [-0.15, -0.1) is 0 Å². The summed E-state index contributed by atoms with van der Waals surface area (Å²) in [7, 11) is -0.541. The van der Waals surface area contributed by atoms with E-state index in [9.17, 15) is 13.2 Å². The molecule has 1 aromatic carbocycles. The number of piperidine rings is 1. The number of hydrogen-bond acceptors (Lipinski definition) is 6. The van der Waals surface area contributed by atoms with Crippen molar-refractivity contribution in [2.45, 2.75) is 54.7 Å². The average molecular weight is 438 g/mol. The van der Waals surface area contributed by atoms with Gasteiger partial charge in [-0.3, -0.25) is 4.79 Å². The lowest BCUT2D eigenvalue weighted by molar-refractivity contribution is -0.134. The lowest BCUT2D eigenvalue weighted by Crippen LogP contribution is -2.50. The van der Waals surface area contributed by atoms with Gasteiger partial charge in [0.05, 0.1) is 10.6 Å². The second-order valence-corrected chi connectivity index (χ2v) is 11.1. The summed E-state index contributed by atoms with van der Waals surface area (Å²) in [6.45, 7) is 0.847. The number of oxazole rings is 1. The Morgan fingerprint density at radius 3 is 2.79 bits per heavy atom. The highest BCUT2D eigenvalue weighted by Crippen LogP contribution is 2.36. The first-order chi connectivity index (χ1) is 13.9. The van der Waals surface area contributed by atoms with Gasteiger partial charge in [0.2, 0.25) is 15.9 Å². The number of carbonyl (C=O) groups is 1. The number of thioether (sulfide) groups is 1. The summed E-state index contributed by atoms with van der Waals surface area (Å²) in [5.74, 6) is 1.09. The minimum Gasteiger partial charge on any atom is -0.431 e. The predicted molar refractivity (Wildman–Crippen MR) is 112 cm³/mol. The lowest BCUT2D eigenvalue weighted by atomic mass is 9.78. The maximum atomic E-state index is 12.9. The molecule has 1 saturated heterocycles. The van der Waals surface area contributed by atoms with Crippen LogP contribution in [0.15, 0.2) is 32.7 Å². The number of rotatable bonds is 5. The Morgan fingerprint density at radius 2 is 2.00 bits per heavy atom. The molecule has 158 valence electrons. The number of fused-ring (bicyclic) bond motifs is 2. The average Bonchev–Trinajstić information content (AvgIpc) is 3.13. The predicted octanol–water partition coefficient (Wildman–Crippen LogP) is 3.35. The van der Waals surface area contributed by atoms with E-state index < -0.39 is 10.0 Å². The van der Waals surface area contributed by atoms with Gasteiger partial charge >= 0.3 is 0 Å². The maximum Gasteiger partial charge on any atom is 0.257 e. The summed E-state index contributed by atoms with van der Waals surface area (Å²) >= 11 is 1.28. The Hall–Kier alpha value is -1.58. The molecule has 0 bridgehead atoms. The van der Waals surface area contributed by atoms with E-state index in [1.165, 1.54) is 68.0 Å². The van der Waals surface area contributed by atoms with Gasteiger partial charge in [-0.25, -0.2) is 17.7 Å². The lowest BCUT2D eigenvalue weighted by Gasteiger charge is -2.44. The topological polar surface area (TPSA) is 83.7 Å². The molecule has 2 aromatic rings. The van der Waals surface area contributed by atoms with E-state index >= 15 is 0 Å². The summed E-state index contributed by atoms with van der Waals surface area (Å²) in [5, 5.41) is 0.393. The molecular formula is C20H27N3O4S2. The van der Waals surface area contributed by atoms with Gasteiger partial charge in [-0.05, 0) is 49.8 Å². The Kier molecular flexibility index (Phi) is 5.90. The van der Waals surface area contributed by atoms with Crippen LogP contribution in [0.1, 0.15) is 38.5 Å². The van der Waals surface area contributed by atoms with Crippen molar-refractivity contribution in [1.82, 2.24) is 14.2 Å². The van der Waals surface area contributed by atoms with Gasteiger partial charge in [0.25, 0.3) is 5.22 Å². The quantitative estimate of drug-likeness (QED) is 0.667. The Morgan fingerprint density at radius 1 is 1.24 bits per heavy atom. The van der Waals surface area contributed by atoms with Crippen molar-refractivity contribution >= 4 is 38.8 Å². The van der Waals surface area contributed by atoms with E-state index in [1.54, 1.807) is 6.07 Å². The smallest absolute Gasteiger partial charge is 0.257 e. The van der Waals surface area contributed by atoms with Crippen LogP contribution >= 0.6 is 11.8 Å². The summed E-state index contributed by atoms with van der Waals surface area (Å²) in [6.07, 6.45) is 7.18. The van der Waals surface area contributed by atoms with Crippen LogP contribution in [-0.4, -0.2) is 60.9 Å². The Balaban J connectivity index is 1.45. The minimum atomic E-state index is -3.53. The number of carbonyl (C=O) groups excluding carboxylic acids is 1. The fourth-order valence-corrected chi connectivity index (χ4v) is 6.11. The van der Waals surface area contributed by atoms with Crippen LogP contribution in [0.4, 0.5) is 0 Å². The fourth-order valence-electron chi connectivity index (χ4n) is 4.46. The molecule has 2 atom stereocenters. The third kappa shape index (κ3) is 4.18. The number of amides is 1. The molecule has 2 aliphatic rings. The minimum absolute atomic E-state index is 0.143. The molecule has 1 aliphatic heterocycles. The Bertz CT molecular complexity index is 1000. The molecule has 0 radical (unpaired) electrons. The molecule has 2 unspecified atom stereocenters. The van der Waals surface area contributed by atoms with E-state index in [-0.39, 0.29) is 10.8 Å². The van der Waals surface area contributed by atoms with E-state index in [0.29, 0.717) is 34.0 Å². The monoisotopic (exact) mass is 437 g/mol. The SMILES string of the molecule is CN(C)S(=O)(=O)c1ccc2oc(SCC(=O)N3CCCC4CCCCC43)nc2c1. The van der Waals surface area contributed by atoms with Crippen molar-refractivity contribution in [2.75, 3.05) is 26.4 Å². The molecule has 29 heavy (non-hydrogen) atoms. The van der Waals surface area contributed by atoms with Crippen molar-refractivity contribution < 1.29 is 17.6 Å². The maximum absolute atomic E-state index is 12.9. The molecule has 0 spiro atoms. The molecule has 2 fully saturated rings. The number of aromatic nitrogens is 1. The number of nitrogens with zero attached hydrogens (tertiary/aromatic N) is 3. The first-order valence-corrected chi connectivity index (χ1v) is 12.5. The van der Waals surface area contributed by atoms with Crippen LogP contribution in [0, 0.1) is 5.92 Å². The molecule has 7 nitrogen and oxygen atoms in total. The summed E-state index contributed by atoms with van der Waals surface area (Å²) in [6, 6.07) is 5.03. The van der Waals surface area contributed by atoms with Crippen molar-refractivity contribution in [3.05, 3.63) is 18.2 Å². The number of likely N-dealkylation sites (tertiary alicyclic amines) is 1.